The van der Waals surface area contributed by atoms with Crippen molar-refractivity contribution in [3.63, 3.8) is 0 Å². The number of rotatable bonds is 6. The van der Waals surface area contributed by atoms with E-state index in [0.717, 1.165) is 17.1 Å². The number of carbonyl (C=O) groups is 2. The smallest absolute Gasteiger partial charge is 0.338 e. The van der Waals surface area contributed by atoms with E-state index in [1.807, 2.05) is 42.7 Å². The second-order valence-corrected chi connectivity index (χ2v) is 8.04. The highest BCUT2D eigenvalue weighted by Crippen LogP contribution is 2.31. The fourth-order valence-electron chi connectivity index (χ4n) is 3.68. The molecule has 0 amide bonds. The van der Waals surface area contributed by atoms with Gasteiger partial charge in [-0.15, -0.1) is 0 Å². The molecule has 2 aromatic carbocycles. The summed E-state index contributed by atoms with van der Waals surface area (Å²) in [6.07, 6.45) is -0.189. The molecule has 0 radical (unpaired) electrons. The number of nitrogens with zero attached hydrogens (tertiary/aromatic N) is 1. The first kappa shape index (κ1) is 21.8. The van der Waals surface area contributed by atoms with Crippen LogP contribution in [0.2, 0.25) is 5.02 Å². The number of hydrogen-bond donors (Lipinski definition) is 1. The van der Waals surface area contributed by atoms with Crippen molar-refractivity contribution in [1.82, 2.24) is 4.57 Å². The number of nitrogen functional groups attached to an aromatic ring is 1. The van der Waals surface area contributed by atoms with Crippen LogP contribution in [0.15, 0.2) is 48.5 Å². The van der Waals surface area contributed by atoms with Gasteiger partial charge in [0.2, 0.25) is 5.78 Å². The Hall–Kier alpha value is -3.45. The maximum absolute atomic E-state index is 12.8. The van der Waals surface area contributed by atoms with Crippen LogP contribution < -0.4 is 15.2 Å². The zero-order valence-electron chi connectivity index (χ0n) is 17.8. The number of benzene rings is 2. The number of para-hydroxylation sites is 2. The highest BCUT2D eigenvalue weighted by Gasteiger charge is 2.24. The Morgan fingerprint density at radius 3 is 2.66 bits per heavy atom. The number of esters is 1. The van der Waals surface area contributed by atoms with E-state index in [9.17, 15) is 9.59 Å². The molecule has 0 saturated heterocycles. The molecule has 1 aliphatic heterocycles. The number of anilines is 1. The van der Waals surface area contributed by atoms with Crippen molar-refractivity contribution in [3.8, 4) is 11.5 Å². The molecule has 4 rings (SSSR count). The quantitative estimate of drug-likeness (QED) is 0.340. The van der Waals surface area contributed by atoms with Gasteiger partial charge in [0.25, 0.3) is 0 Å². The molecule has 2 heterocycles. The number of nitrogens with two attached hydrogens (primary N) is 1. The number of halogens is 1. The molecule has 0 unspecified atom stereocenters. The molecule has 0 spiro atoms. The monoisotopic (exact) mass is 454 g/mol. The summed E-state index contributed by atoms with van der Waals surface area (Å²) in [5.41, 5.74) is 8.42. The van der Waals surface area contributed by atoms with Gasteiger partial charge in [-0.1, -0.05) is 23.7 Å². The van der Waals surface area contributed by atoms with Crippen molar-refractivity contribution >= 4 is 29.0 Å². The molecule has 2 N–H and O–H groups in total. The van der Waals surface area contributed by atoms with Crippen LogP contribution in [0.1, 0.15) is 32.1 Å². The molecule has 0 aliphatic carbocycles. The summed E-state index contributed by atoms with van der Waals surface area (Å²) in [7, 11) is 0. The largest absolute Gasteiger partial charge is 0.486 e. The SMILES string of the molecule is Cc1cc(C(=O)COC(=O)c2ccc(Cl)c(N)c2)c(C)n1C[C@H]1COc2ccccc2O1. The predicted molar refractivity (Wildman–Crippen MR) is 121 cm³/mol. The van der Waals surface area contributed by atoms with Gasteiger partial charge in [-0.25, -0.2) is 4.79 Å². The van der Waals surface area contributed by atoms with Crippen LogP contribution in [0, 0.1) is 13.8 Å². The van der Waals surface area contributed by atoms with Crippen LogP contribution in [0.5, 0.6) is 11.5 Å². The molecule has 32 heavy (non-hydrogen) atoms. The third kappa shape index (κ3) is 4.43. The van der Waals surface area contributed by atoms with Gasteiger partial charge in [0, 0.05) is 17.0 Å². The zero-order chi connectivity index (χ0) is 22.8. The lowest BCUT2D eigenvalue weighted by molar-refractivity contribution is 0.0474. The van der Waals surface area contributed by atoms with Crippen LogP contribution >= 0.6 is 11.6 Å². The van der Waals surface area contributed by atoms with Gasteiger partial charge in [0.15, 0.2) is 24.2 Å². The predicted octanol–water partition coefficient (Wildman–Crippen LogP) is 4.22. The van der Waals surface area contributed by atoms with E-state index in [2.05, 4.69) is 0 Å². The second kappa shape index (κ2) is 8.96. The minimum Gasteiger partial charge on any atom is -0.486 e. The number of fused-ring (bicyclic) bond motifs is 1. The number of Topliss-reactive ketones (excluding diaryl/α,β-unsaturated/α-hetero) is 1. The Bertz CT molecular complexity index is 1190. The van der Waals surface area contributed by atoms with Crippen molar-refractivity contribution in [2.24, 2.45) is 0 Å². The maximum atomic E-state index is 12.8. The molecular weight excluding hydrogens is 432 g/mol. The van der Waals surface area contributed by atoms with Gasteiger partial charge < -0.3 is 24.5 Å². The molecule has 0 fully saturated rings. The second-order valence-electron chi connectivity index (χ2n) is 7.63. The van der Waals surface area contributed by atoms with Gasteiger partial charge in [0.05, 0.1) is 22.8 Å². The van der Waals surface area contributed by atoms with E-state index < -0.39 is 5.97 Å². The Morgan fingerprint density at radius 2 is 1.91 bits per heavy atom. The first-order valence-corrected chi connectivity index (χ1v) is 10.5. The van der Waals surface area contributed by atoms with Crippen LogP contribution in [-0.4, -0.2) is 35.6 Å². The molecule has 7 nitrogen and oxygen atoms in total. The van der Waals surface area contributed by atoms with Crippen molar-refractivity contribution in [2.45, 2.75) is 26.5 Å². The molecule has 1 aliphatic rings. The summed E-state index contributed by atoms with van der Waals surface area (Å²) in [6.45, 7) is 4.36. The molecule has 1 atom stereocenters. The summed E-state index contributed by atoms with van der Waals surface area (Å²) < 4.78 is 19.0. The molecule has 0 saturated carbocycles. The lowest BCUT2D eigenvalue weighted by Crippen LogP contribution is -2.33. The molecule has 1 aromatic heterocycles. The number of carbonyl (C=O) groups excluding carboxylic acids is 2. The average Bonchev–Trinajstić information content (AvgIpc) is 3.07. The lowest BCUT2D eigenvalue weighted by Gasteiger charge is -2.27. The molecule has 0 bridgehead atoms. The highest BCUT2D eigenvalue weighted by atomic mass is 35.5. The fraction of sp³-hybridized carbons (Fsp3) is 0.250. The van der Waals surface area contributed by atoms with E-state index in [0.29, 0.717) is 29.5 Å². The normalized spacial score (nSPS) is 14.8. The minimum absolute atomic E-state index is 0.189. The van der Waals surface area contributed by atoms with E-state index in [4.69, 9.17) is 31.5 Å². The van der Waals surface area contributed by atoms with E-state index in [1.165, 1.54) is 18.2 Å². The average molecular weight is 455 g/mol. The molecule has 166 valence electrons. The first-order chi connectivity index (χ1) is 15.3. The van der Waals surface area contributed by atoms with Gasteiger partial charge >= 0.3 is 5.97 Å². The maximum Gasteiger partial charge on any atom is 0.338 e. The van der Waals surface area contributed by atoms with E-state index in [-0.39, 0.29) is 29.7 Å². The van der Waals surface area contributed by atoms with Gasteiger partial charge in [-0.3, -0.25) is 4.79 Å². The summed E-state index contributed by atoms with van der Waals surface area (Å²) in [5, 5.41) is 0.348. The fourth-order valence-corrected chi connectivity index (χ4v) is 3.80. The van der Waals surface area contributed by atoms with Gasteiger partial charge in [-0.2, -0.15) is 0 Å². The van der Waals surface area contributed by atoms with Gasteiger partial charge in [-0.05, 0) is 50.2 Å². The zero-order valence-corrected chi connectivity index (χ0v) is 18.5. The van der Waals surface area contributed by atoms with Crippen molar-refractivity contribution in [1.29, 1.82) is 0 Å². The number of aromatic nitrogens is 1. The third-order valence-electron chi connectivity index (χ3n) is 5.39. The molecule has 8 heteroatoms. The lowest BCUT2D eigenvalue weighted by atomic mass is 10.1. The third-order valence-corrected chi connectivity index (χ3v) is 5.74. The topological polar surface area (TPSA) is 92.8 Å². The molecular formula is C24H23ClN2O5. The summed E-state index contributed by atoms with van der Waals surface area (Å²) in [5.74, 6) is 0.509. The number of ketones is 1. The summed E-state index contributed by atoms with van der Waals surface area (Å²) >= 11 is 5.87. The summed E-state index contributed by atoms with van der Waals surface area (Å²) in [4.78, 5) is 25.0. The van der Waals surface area contributed by atoms with Crippen molar-refractivity contribution < 1.29 is 23.8 Å². The van der Waals surface area contributed by atoms with Crippen LogP contribution in [0.4, 0.5) is 5.69 Å². The van der Waals surface area contributed by atoms with E-state index >= 15 is 0 Å². The van der Waals surface area contributed by atoms with Crippen LogP contribution in [0.3, 0.4) is 0 Å². The van der Waals surface area contributed by atoms with E-state index in [1.54, 1.807) is 6.07 Å². The number of hydrogen-bond acceptors (Lipinski definition) is 6. The van der Waals surface area contributed by atoms with Gasteiger partial charge in [0.1, 0.15) is 6.61 Å². The number of aryl methyl sites for hydroxylation is 1. The Labute approximate surface area is 190 Å². The van der Waals surface area contributed by atoms with Crippen molar-refractivity contribution in [2.75, 3.05) is 18.9 Å². The Morgan fingerprint density at radius 1 is 1.16 bits per heavy atom. The highest BCUT2D eigenvalue weighted by molar-refractivity contribution is 6.33. The minimum atomic E-state index is -0.637. The standard InChI is InChI=1S/C24H23ClN2O5/c1-14-9-18(21(28)13-31-24(29)16-7-8-19(25)20(26)10-16)15(2)27(14)11-17-12-30-22-5-3-4-6-23(22)32-17/h3-10,17H,11-13,26H2,1-2H3/t17-/m0/s1. The first-order valence-electron chi connectivity index (χ1n) is 10.1. The van der Waals surface area contributed by atoms with Crippen LogP contribution in [-0.2, 0) is 11.3 Å². The summed E-state index contributed by atoms with van der Waals surface area (Å²) in [6, 6.07) is 13.8. The Balaban J connectivity index is 1.41. The number of ether oxygens (including phenoxy) is 3. The van der Waals surface area contributed by atoms with Crippen LogP contribution in [0.25, 0.3) is 0 Å². The van der Waals surface area contributed by atoms with Crippen molar-refractivity contribution in [3.05, 3.63) is 76.1 Å². The molecule has 3 aromatic rings. The Kier molecular flexibility index (Phi) is 6.10.